The lowest BCUT2D eigenvalue weighted by molar-refractivity contribution is 0.352. The number of nitrogens with one attached hydrogen (secondary N) is 1. The molecule has 0 atom stereocenters. The number of benzene rings is 1. The smallest absolute Gasteiger partial charge is 0.0719 e. The van der Waals surface area contributed by atoms with Gasteiger partial charge in [0.2, 0.25) is 0 Å². The van der Waals surface area contributed by atoms with Crippen LogP contribution in [0.15, 0.2) is 18.2 Å². The average Bonchev–Trinajstić information content (AvgIpc) is 2.75. The first-order valence-corrected chi connectivity index (χ1v) is 6.43. The Morgan fingerprint density at radius 3 is 2.38 bits per heavy atom. The van der Waals surface area contributed by atoms with Gasteiger partial charge in [0.05, 0.1) is 15.7 Å². The topological polar surface area (TPSA) is 15.3 Å². The van der Waals surface area contributed by atoms with Gasteiger partial charge < -0.3 is 10.2 Å². The summed E-state index contributed by atoms with van der Waals surface area (Å²) in [4.78, 5) is 2.46. The van der Waals surface area contributed by atoms with Crippen LogP contribution in [-0.2, 0) is 0 Å². The second kappa shape index (κ2) is 5.76. The third kappa shape index (κ3) is 3.03. The molecular weight excluding hydrogens is 243 g/mol. The average molecular weight is 259 g/mol. The summed E-state index contributed by atoms with van der Waals surface area (Å²) >= 11 is 12.1. The number of rotatable bonds is 4. The number of para-hydroxylation sites is 1. The number of anilines is 1. The molecule has 1 N–H and O–H groups in total. The Morgan fingerprint density at radius 2 is 1.75 bits per heavy atom. The molecule has 1 aliphatic heterocycles. The lowest BCUT2D eigenvalue weighted by Crippen LogP contribution is -2.26. The van der Waals surface area contributed by atoms with Crippen LogP contribution in [0, 0.1) is 0 Å². The zero-order valence-corrected chi connectivity index (χ0v) is 10.7. The summed E-state index contributed by atoms with van der Waals surface area (Å²) in [5.41, 5.74) is 0.852. The van der Waals surface area contributed by atoms with Crippen molar-refractivity contribution in [2.45, 2.75) is 12.8 Å². The van der Waals surface area contributed by atoms with Crippen LogP contribution in [0.5, 0.6) is 0 Å². The van der Waals surface area contributed by atoms with E-state index in [1.165, 1.54) is 25.9 Å². The van der Waals surface area contributed by atoms with E-state index in [0.717, 1.165) is 18.8 Å². The summed E-state index contributed by atoms with van der Waals surface area (Å²) < 4.78 is 0. The molecular formula is C12H16Cl2N2. The highest BCUT2D eigenvalue weighted by atomic mass is 35.5. The fourth-order valence-corrected chi connectivity index (χ4v) is 2.54. The minimum absolute atomic E-state index is 0.689. The van der Waals surface area contributed by atoms with Gasteiger partial charge in [-0.3, -0.25) is 0 Å². The monoisotopic (exact) mass is 258 g/mol. The van der Waals surface area contributed by atoms with Crippen LogP contribution in [0.1, 0.15) is 12.8 Å². The molecule has 0 bridgehead atoms. The van der Waals surface area contributed by atoms with Gasteiger partial charge in [-0.2, -0.15) is 0 Å². The molecule has 4 heteroatoms. The summed E-state index contributed by atoms with van der Waals surface area (Å²) in [6.45, 7) is 4.39. The lowest BCUT2D eigenvalue weighted by atomic mass is 10.3. The van der Waals surface area contributed by atoms with E-state index in [0.29, 0.717) is 10.0 Å². The van der Waals surface area contributed by atoms with Crippen molar-refractivity contribution < 1.29 is 0 Å². The van der Waals surface area contributed by atoms with E-state index in [-0.39, 0.29) is 0 Å². The van der Waals surface area contributed by atoms with E-state index >= 15 is 0 Å². The predicted octanol–water partition coefficient (Wildman–Crippen LogP) is 3.50. The van der Waals surface area contributed by atoms with Crippen molar-refractivity contribution in [3.8, 4) is 0 Å². The first-order chi connectivity index (χ1) is 7.77. The summed E-state index contributed by atoms with van der Waals surface area (Å²) in [6, 6.07) is 5.56. The SMILES string of the molecule is Clc1cccc(Cl)c1NCCN1CCCC1. The van der Waals surface area contributed by atoms with E-state index in [2.05, 4.69) is 10.2 Å². The number of hydrogen-bond acceptors (Lipinski definition) is 2. The first-order valence-electron chi connectivity index (χ1n) is 5.67. The number of halogens is 2. The zero-order chi connectivity index (χ0) is 11.4. The van der Waals surface area contributed by atoms with E-state index in [4.69, 9.17) is 23.2 Å². The molecule has 0 aromatic heterocycles. The molecule has 0 spiro atoms. The van der Waals surface area contributed by atoms with E-state index < -0.39 is 0 Å². The van der Waals surface area contributed by atoms with Gasteiger partial charge in [-0.05, 0) is 38.1 Å². The van der Waals surface area contributed by atoms with Crippen molar-refractivity contribution in [1.82, 2.24) is 4.90 Å². The van der Waals surface area contributed by atoms with Crippen molar-refractivity contribution in [3.05, 3.63) is 28.2 Å². The molecule has 1 fully saturated rings. The molecule has 0 amide bonds. The van der Waals surface area contributed by atoms with Gasteiger partial charge in [0, 0.05) is 13.1 Å². The molecule has 0 radical (unpaired) electrons. The van der Waals surface area contributed by atoms with Crippen LogP contribution in [-0.4, -0.2) is 31.1 Å². The standard InChI is InChI=1S/C12H16Cl2N2/c13-10-4-3-5-11(14)12(10)15-6-9-16-7-1-2-8-16/h3-5,15H,1-2,6-9H2. The molecule has 0 unspecified atom stereocenters. The van der Waals surface area contributed by atoms with Gasteiger partial charge in [-0.15, -0.1) is 0 Å². The van der Waals surface area contributed by atoms with Gasteiger partial charge in [0.15, 0.2) is 0 Å². The maximum atomic E-state index is 6.06. The highest BCUT2D eigenvalue weighted by Gasteiger charge is 2.11. The molecule has 1 aliphatic rings. The maximum absolute atomic E-state index is 6.06. The van der Waals surface area contributed by atoms with Crippen LogP contribution in [0.2, 0.25) is 10.0 Å². The fraction of sp³-hybridized carbons (Fsp3) is 0.500. The Morgan fingerprint density at radius 1 is 1.12 bits per heavy atom. The minimum Gasteiger partial charge on any atom is -0.381 e. The largest absolute Gasteiger partial charge is 0.381 e. The van der Waals surface area contributed by atoms with Gasteiger partial charge in [-0.25, -0.2) is 0 Å². The Kier molecular flexibility index (Phi) is 4.33. The lowest BCUT2D eigenvalue weighted by Gasteiger charge is -2.16. The van der Waals surface area contributed by atoms with Crippen LogP contribution < -0.4 is 5.32 Å². The number of nitrogens with zero attached hydrogens (tertiary/aromatic N) is 1. The highest BCUT2D eigenvalue weighted by Crippen LogP contribution is 2.29. The molecule has 1 saturated heterocycles. The quantitative estimate of drug-likeness (QED) is 0.890. The molecule has 0 saturated carbocycles. The molecule has 1 heterocycles. The van der Waals surface area contributed by atoms with E-state index in [1.54, 1.807) is 0 Å². The Hall–Kier alpha value is -0.440. The van der Waals surface area contributed by atoms with Crippen LogP contribution in [0.3, 0.4) is 0 Å². The molecule has 0 aliphatic carbocycles. The Bertz CT molecular complexity index is 329. The third-order valence-corrected chi connectivity index (χ3v) is 3.52. The van der Waals surface area contributed by atoms with Crippen LogP contribution in [0.4, 0.5) is 5.69 Å². The van der Waals surface area contributed by atoms with Crippen LogP contribution >= 0.6 is 23.2 Å². The van der Waals surface area contributed by atoms with Gasteiger partial charge >= 0.3 is 0 Å². The molecule has 16 heavy (non-hydrogen) atoms. The van der Waals surface area contributed by atoms with Gasteiger partial charge in [0.25, 0.3) is 0 Å². The first kappa shape index (κ1) is 12.0. The summed E-state index contributed by atoms with van der Waals surface area (Å²) in [6.07, 6.45) is 2.65. The molecule has 1 aromatic carbocycles. The maximum Gasteiger partial charge on any atom is 0.0719 e. The normalized spacial score (nSPS) is 16.6. The van der Waals surface area contributed by atoms with Crippen molar-refractivity contribution in [2.75, 3.05) is 31.5 Å². The van der Waals surface area contributed by atoms with Gasteiger partial charge in [-0.1, -0.05) is 29.3 Å². The van der Waals surface area contributed by atoms with Crippen molar-refractivity contribution >= 4 is 28.9 Å². The molecule has 1 aromatic rings. The fourth-order valence-electron chi connectivity index (χ4n) is 2.01. The zero-order valence-electron chi connectivity index (χ0n) is 9.18. The summed E-state index contributed by atoms with van der Waals surface area (Å²) in [5, 5.41) is 4.68. The van der Waals surface area contributed by atoms with Crippen molar-refractivity contribution in [2.24, 2.45) is 0 Å². The Balaban J connectivity index is 1.84. The van der Waals surface area contributed by atoms with E-state index in [9.17, 15) is 0 Å². The second-order valence-corrected chi connectivity index (χ2v) is 4.89. The summed E-state index contributed by atoms with van der Waals surface area (Å²) in [5.74, 6) is 0. The van der Waals surface area contributed by atoms with Gasteiger partial charge in [0.1, 0.15) is 0 Å². The van der Waals surface area contributed by atoms with Crippen molar-refractivity contribution in [1.29, 1.82) is 0 Å². The highest BCUT2D eigenvalue weighted by molar-refractivity contribution is 6.39. The van der Waals surface area contributed by atoms with Crippen molar-refractivity contribution in [3.63, 3.8) is 0 Å². The second-order valence-electron chi connectivity index (χ2n) is 4.07. The Labute approximate surface area is 107 Å². The molecule has 88 valence electrons. The number of hydrogen-bond donors (Lipinski definition) is 1. The van der Waals surface area contributed by atoms with E-state index in [1.807, 2.05) is 18.2 Å². The molecule has 2 nitrogen and oxygen atoms in total. The molecule has 2 rings (SSSR count). The third-order valence-electron chi connectivity index (χ3n) is 2.89. The predicted molar refractivity (Wildman–Crippen MR) is 70.6 cm³/mol. The van der Waals surface area contributed by atoms with Crippen LogP contribution in [0.25, 0.3) is 0 Å². The minimum atomic E-state index is 0.689. The number of likely N-dealkylation sites (tertiary alicyclic amines) is 1. The summed E-state index contributed by atoms with van der Waals surface area (Å²) in [7, 11) is 0.